The van der Waals surface area contributed by atoms with Gasteiger partial charge in [-0.1, -0.05) is 11.6 Å². The first-order valence-electron chi connectivity index (χ1n) is 6.40. The summed E-state index contributed by atoms with van der Waals surface area (Å²) in [5.74, 6) is 0.183. The number of aliphatic hydroxyl groups is 1. The Labute approximate surface area is 112 Å². The molecule has 0 aliphatic carbocycles. The molecule has 2 nitrogen and oxygen atoms in total. The lowest BCUT2D eigenvalue weighted by atomic mass is 9.92. The summed E-state index contributed by atoms with van der Waals surface area (Å²) in [5, 5.41) is 10.1. The van der Waals surface area contributed by atoms with Crippen LogP contribution in [0.2, 0.25) is 5.02 Å². The Morgan fingerprint density at radius 3 is 2.72 bits per heavy atom. The number of aliphatic hydroxyl groups excluding tert-OH is 1. The Bertz CT molecular complexity index is 403. The number of piperidine rings is 1. The van der Waals surface area contributed by atoms with E-state index in [1.807, 2.05) is 6.92 Å². The van der Waals surface area contributed by atoms with Crippen LogP contribution in [0.15, 0.2) is 18.2 Å². The van der Waals surface area contributed by atoms with Crippen LogP contribution in [0.1, 0.15) is 25.3 Å². The summed E-state index contributed by atoms with van der Waals surface area (Å²) in [4.78, 5) is 2.22. The van der Waals surface area contributed by atoms with E-state index >= 15 is 0 Å². The van der Waals surface area contributed by atoms with Crippen molar-refractivity contribution in [1.82, 2.24) is 4.90 Å². The van der Waals surface area contributed by atoms with Gasteiger partial charge in [0.15, 0.2) is 0 Å². The maximum Gasteiger partial charge on any atom is 0.127 e. The molecule has 0 bridgehead atoms. The van der Waals surface area contributed by atoms with Gasteiger partial charge < -0.3 is 5.11 Å². The van der Waals surface area contributed by atoms with Crippen molar-refractivity contribution < 1.29 is 9.50 Å². The fourth-order valence-corrected chi connectivity index (χ4v) is 2.69. The summed E-state index contributed by atoms with van der Waals surface area (Å²) in [6.45, 7) is 4.25. The van der Waals surface area contributed by atoms with Crippen LogP contribution in [-0.2, 0) is 6.54 Å². The molecular weight excluding hydrogens is 253 g/mol. The summed E-state index contributed by atoms with van der Waals surface area (Å²) < 4.78 is 13.6. The molecule has 1 aliphatic rings. The van der Waals surface area contributed by atoms with Crippen LogP contribution < -0.4 is 0 Å². The van der Waals surface area contributed by atoms with Gasteiger partial charge in [0, 0.05) is 17.1 Å². The molecule has 1 aromatic rings. The second-order valence-electron chi connectivity index (χ2n) is 5.09. The summed E-state index contributed by atoms with van der Waals surface area (Å²) in [5.41, 5.74) is 0.651. The largest absolute Gasteiger partial charge is 0.393 e. The van der Waals surface area contributed by atoms with Gasteiger partial charge in [-0.2, -0.15) is 0 Å². The topological polar surface area (TPSA) is 23.5 Å². The molecule has 1 unspecified atom stereocenters. The first-order valence-corrected chi connectivity index (χ1v) is 6.78. The first-order chi connectivity index (χ1) is 8.56. The van der Waals surface area contributed by atoms with Crippen LogP contribution in [0.25, 0.3) is 0 Å². The van der Waals surface area contributed by atoms with E-state index in [9.17, 15) is 9.50 Å². The molecule has 0 amide bonds. The van der Waals surface area contributed by atoms with Crippen molar-refractivity contribution in [3.63, 3.8) is 0 Å². The Balaban J connectivity index is 1.93. The molecule has 0 aromatic heterocycles. The summed E-state index contributed by atoms with van der Waals surface area (Å²) in [6, 6.07) is 4.68. The lowest BCUT2D eigenvalue weighted by Gasteiger charge is -2.33. The Hall–Kier alpha value is -0.640. The van der Waals surface area contributed by atoms with Crippen LogP contribution in [-0.4, -0.2) is 29.2 Å². The highest BCUT2D eigenvalue weighted by atomic mass is 35.5. The highest BCUT2D eigenvalue weighted by Gasteiger charge is 2.23. The minimum absolute atomic E-state index is 0.197. The van der Waals surface area contributed by atoms with E-state index in [0.717, 1.165) is 25.9 Å². The third-order valence-electron chi connectivity index (χ3n) is 3.72. The second-order valence-corrected chi connectivity index (χ2v) is 5.53. The van der Waals surface area contributed by atoms with Crippen molar-refractivity contribution in [2.45, 2.75) is 32.4 Å². The summed E-state index contributed by atoms with van der Waals surface area (Å²) in [7, 11) is 0. The molecule has 1 atom stereocenters. The van der Waals surface area contributed by atoms with Crippen molar-refractivity contribution in [3.8, 4) is 0 Å². The zero-order valence-electron chi connectivity index (χ0n) is 10.6. The van der Waals surface area contributed by atoms with E-state index < -0.39 is 0 Å². The molecule has 18 heavy (non-hydrogen) atoms. The summed E-state index contributed by atoms with van der Waals surface area (Å²) in [6.07, 6.45) is 1.70. The highest BCUT2D eigenvalue weighted by Crippen LogP contribution is 2.23. The maximum atomic E-state index is 13.6. The molecule has 1 saturated heterocycles. The van der Waals surface area contributed by atoms with E-state index in [-0.39, 0.29) is 11.9 Å². The van der Waals surface area contributed by atoms with Crippen LogP contribution in [0.5, 0.6) is 0 Å². The number of benzene rings is 1. The average Bonchev–Trinajstić information content (AvgIpc) is 2.34. The van der Waals surface area contributed by atoms with Gasteiger partial charge in [0.05, 0.1) is 6.10 Å². The van der Waals surface area contributed by atoms with Gasteiger partial charge in [-0.25, -0.2) is 4.39 Å². The number of rotatable bonds is 3. The molecule has 0 saturated carbocycles. The zero-order chi connectivity index (χ0) is 13.1. The van der Waals surface area contributed by atoms with E-state index in [4.69, 9.17) is 11.6 Å². The Morgan fingerprint density at radius 2 is 2.11 bits per heavy atom. The molecule has 1 aliphatic heterocycles. The zero-order valence-corrected chi connectivity index (χ0v) is 11.3. The molecule has 100 valence electrons. The van der Waals surface area contributed by atoms with Crippen LogP contribution in [0, 0.1) is 11.7 Å². The molecule has 2 rings (SSSR count). The standard InChI is InChI=1S/C14H19ClFNO/c1-10(18)11-4-6-17(7-5-11)9-12-8-13(15)2-3-14(12)16/h2-3,8,10-11,18H,4-7,9H2,1H3. The fourth-order valence-electron chi connectivity index (χ4n) is 2.50. The second kappa shape index (κ2) is 6.00. The number of hydrogen-bond acceptors (Lipinski definition) is 2. The minimum Gasteiger partial charge on any atom is -0.393 e. The average molecular weight is 272 g/mol. The van der Waals surface area contributed by atoms with Crippen molar-refractivity contribution in [2.75, 3.05) is 13.1 Å². The third kappa shape index (κ3) is 3.44. The maximum absolute atomic E-state index is 13.6. The molecule has 0 radical (unpaired) electrons. The Morgan fingerprint density at radius 1 is 1.44 bits per heavy atom. The molecule has 0 spiro atoms. The van der Waals surface area contributed by atoms with Crippen LogP contribution in [0.3, 0.4) is 0 Å². The van der Waals surface area contributed by atoms with E-state index in [2.05, 4.69) is 4.90 Å². The smallest absolute Gasteiger partial charge is 0.127 e. The number of likely N-dealkylation sites (tertiary alicyclic amines) is 1. The van der Waals surface area contributed by atoms with E-state index in [1.165, 1.54) is 6.07 Å². The number of nitrogens with zero attached hydrogens (tertiary/aromatic N) is 1. The molecular formula is C14H19ClFNO. The SMILES string of the molecule is CC(O)C1CCN(Cc2cc(Cl)ccc2F)CC1. The Kier molecular flexibility index (Phi) is 4.60. The highest BCUT2D eigenvalue weighted by molar-refractivity contribution is 6.30. The van der Waals surface area contributed by atoms with Gasteiger partial charge in [0.1, 0.15) is 5.82 Å². The predicted octanol–water partition coefficient (Wildman–Crippen LogP) is 3.07. The molecule has 1 fully saturated rings. The van der Waals surface area contributed by atoms with Gasteiger partial charge in [0.2, 0.25) is 0 Å². The van der Waals surface area contributed by atoms with Crippen LogP contribution >= 0.6 is 11.6 Å². The van der Waals surface area contributed by atoms with Crippen molar-refractivity contribution in [2.24, 2.45) is 5.92 Å². The van der Waals surface area contributed by atoms with Crippen LogP contribution in [0.4, 0.5) is 4.39 Å². The quantitative estimate of drug-likeness (QED) is 0.913. The molecule has 1 N–H and O–H groups in total. The lowest BCUT2D eigenvalue weighted by molar-refractivity contribution is 0.0692. The normalized spacial score (nSPS) is 20.0. The van der Waals surface area contributed by atoms with Gasteiger partial charge in [-0.15, -0.1) is 0 Å². The molecule has 1 aromatic carbocycles. The third-order valence-corrected chi connectivity index (χ3v) is 3.95. The monoisotopic (exact) mass is 271 g/mol. The predicted molar refractivity (Wildman–Crippen MR) is 71.1 cm³/mol. The van der Waals surface area contributed by atoms with Crippen molar-refractivity contribution in [1.29, 1.82) is 0 Å². The van der Waals surface area contributed by atoms with Gasteiger partial charge in [0.25, 0.3) is 0 Å². The van der Waals surface area contributed by atoms with Crippen molar-refractivity contribution >= 4 is 11.6 Å². The van der Waals surface area contributed by atoms with E-state index in [0.29, 0.717) is 23.0 Å². The number of hydrogen-bond donors (Lipinski definition) is 1. The molecule has 1 heterocycles. The van der Waals surface area contributed by atoms with Gasteiger partial charge >= 0.3 is 0 Å². The van der Waals surface area contributed by atoms with E-state index in [1.54, 1.807) is 12.1 Å². The fraction of sp³-hybridized carbons (Fsp3) is 0.571. The van der Waals surface area contributed by atoms with Gasteiger partial charge in [-0.3, -0.25) is 4.90 Å². The number of halogens is 2. The lowest BCUT2D eigenvalue weighted by Crippen LogP contribution is -2.36. The van der Waals surface area contributed by atoms with Crippen molar-refractivity contribution in [3.05, 3.63) is 34.6 Å². The summed E-state index contributed by atoms with van der Waals surface area (Å²) >= 11 is 5.88. The first kappa shape index (κ1) is 13.8. The minimum atomic E-state index is -0.241. The molecule has 4 heteroatoms. The van der Waals surface area contributed by atoms with Gasteiger partial charge in [-0.05, 0) is 57.0 Å².